The summed E-state index contributed by atoms with van der Waals surface area (Å²) < 4.78 is 16.7. The van der Waals surface area contributed by atoms with Gasteiger partial charge in [0.2, 0.25) is 0 Å². The Bertz CT molecular complexity index is 1420. The number of carbonyl (C=O) groups excluding carboxylic acids is 3. The molecule has 0 bridgehead atoms. The number of hydrogen-bond acceptors (Lipinski definition) is 6. The molecule has 0 heterocycles. The van der Waals surface area contributed by atoms with Crippen LogP contribution < -0.4 is 0 Å². The molecule has 0 aromatic heterocycles. The number of esters is 3. The molecule has 0 saturated carbocycles. The predicted octanol–water partition coefficient (Wildman–Crippen LogP) is 17.7. The van der Waals surface area contributed by atoms with Gasteiger partial charge < -0.3 is 14.2 Å². The fourth-order valence-corrected chi connectivity index (χ4v) is 6.76. The van der Waals surface area contributed by atoms with Crippen LogP contribution in [0.25, 0.3) is 0 Å². The Kier molecular flexibility index (Phi) is 50.0. The van der Waals surface area contributed by atoms with E-state index in [-0.39, 0.29) is 44.0 Å². The highest BCUT2D eigenvalue weighted by molar-refractivity contribution is 5.71. The first-order chi connectivity index (χ1) is 32.5. The highest BCUT2D eigenvalue weighted by atomic mass is 16.6. The van der Waals surface area contributed by atoms with Gasteiger partial charge >= 0.3 is 17.9 Å². The number of rotatable bonds is 46. The molecule has 1 unspecified atom stereocenters. The van der Waals surface area contributed by atoms with Gasteiger partial charge in [-0.1, -0.05) is 200 Å². The molecule has 6 heteroatoms. The molecule has 0 amide bonds. The highest BCUT2D eigenvalue weighted by Crippen LogP contribution is 2.12. The first-order valence-corrected chi connectivity index (χ1v) is 26.5. The van der Waals surface area contributed by atoms with Gasteiger partial charge in [0.05, 0.1) is 0 Å². The van der Waals surface area contributed by atoms with E-state index in [1.54, 1.807) is 0 Å². The lowest BCUT2D eigenvalue weighted by molar-refractivity contribution is -0.167. The van der Waals surface area contributed by atoms with Gasteiger partial charge in [-0.3, -0.25) is 14.4 Å². The molecule has 0 aliphatic carbocycles. The molecule has 0 rings (SSSR count). The van der Waals surface area contributed by atoms with Crippen LogP contribution in [-0.4, -0.2) is 37.2 Å². The summed E-state index contributed by atoms with van der Waals surface area (Å²) in [5, 5.41) is 0. The summed E-state index contributed by atoms with van der Waals surface area (Å²) >= 11 is 0. The van der Waals surface area contributed by atoms with E-state index in [1.807, 2.05) is 0 Å². The zero-order chi connectivity index (χ0) is 47.9. The van der Waals surface area contributed by atoms with Gasteiger partial charge in [0.1, 0.15) is 13.2 Å². The van der Waals surface area contributed by atoms with E-state index in [9.17, 15) is 14.4 Å². The third-order valence-corrected chi connectivity index (χ3v) is 10.7. The third-order valence-electron chi connectivity index (χ3n) is 10.7. The molecule has 6 nitrogen and oxygen atoms in total. The van der Waals surface area contributed by atoms with Gasteiger partial charge in [0, 0.05) is 19.3 Å². The Labute approximate surface area is 405 Å². The molecule has 0 radical (unpaired) electrons. The number of allylic oxidation sites excluding steroid dienone is 20. The van der Waals surface area contributed by atoms with Crippen molar-refractivity contribution in [3.63, 3.8) is 0 Å². The van der Waals surface area contributed by atoms with Crippen molar-refractivity contribution in [3.8, 4) is 0 Å². The lowest BCUT2D eigenvalue weighted by atomic mass is 10.1. The van der Waals surface area contributed by atoms with Crippen LogP contribution in [0.1, 0.15) is 220 Å². The van der Waals surface area contributed by atoms with E-state index < -0.39 is 6.10 Å². The molecule has 0 aliphatic rings. The summed E-state index contributed by atoms with van der Waals surface area (Å²) in [5.74, 6) is -1.01. The molecule has 66 heavy (non-hydrogen) atoms. The van der Waals surface area contributed by atoms with Gasteiger partial charge in [0.15, 0.2) is 6.10 Å². The average Bonchev–Trinajstić information content (AvgIpc) is 3.31. The van der Waals surface area contributed by atoms with Gasteiger partial charge in [-0.2, -0.15) is 0 Å². The predicted molar refractivity (Wildman–Crippen MR) is 283 cm³/mol. The van der Waals surface area contributed by atoms with Crippen LogP contribution in [0, 0.1) is 0 Å². The van der Waals surface area contributed by atoms with Crippen molar-refractivity contribution in [1.29, 1.82) is 0 Å². The number of unbranched alkanes of at least 4 members (excludes halogenated alkanes) is 15. The molecule has 0 N–H and O–H groups in total. The van der Waals surface area contributed by atoms with Crippen LogP contribution in [-0.2, 0) is 28.6 Å². The summed E-state index contributed by atoms with van der Waals surface area (Å²) in [5.41, 5.74) is 0. The minimum Gasteiger partial charge on any atom is -0.462 e. The van der Waals surface area contributed by atoms with Gasteiger partial charge in [-0.05, 0) is 122 Å². The Morgan fingerprint density at radius 1 is 0.318 bits per heavy atom. The molecule has 372 valence electrons. The first-order valence-electron chi connectivity index (χ1n) is 26.5. The van der Waals surface area contributed by atoms with Crippen LogP contribution in [0.2, 0.25) is 0 Å². The Hall–Kier alpha value is -4.19. The molecule has 0 aromatic carbocycles. The minimum atomic E-state index is -0.820. The Balaban J connectivity index is 4.56. The zero-order valence-corrected chi connectivity index (χ0v) is 42.4. The van der Waals surface area contributed by atoms with E-state index >= 15 is 0 Å². The maximum absolute atomic E-state index is 12.8. The van der Waals surface area contributed by atoms with Crippen LogP contribution in [0.15, 0.2) is 122 Å². The Morgan fingerprint density at radius 2 is 0.606 bits per heavy atom. The first kappa shape index (κ1) is 61.8. The van der Waals surface area contributed by atoms with E-state index in [4.69, 9.17) is 14.2 Å². The average molecular weight is 913 g/mol. The molecule has 0 spiro atoms. The highest BCUT2D eigenvalue weighted by Gasteiger charge is 2.19. The largest absolute Gasteiger partial charge is 0.462 e. The molecule has 0 fully saturated rings. The standard InChI is InChI=1S/C60H96O6/c1-4-7-10-13-16-19-22-25-28-30-32-35-38-41-44-47-50-53-59(62)65-56-57(55-64-58(61)52-49-46-43-40-37-34-27-24-21-18-15-12-9-6-3)66-60(63)54-51-48-45-42-39-36-33-31-29-26-23-20-17-14-11-8-5-2/h7-8,10-11,16-17,19-20,24-29,32-33,35-36,41,44,57H,4-6,9,12-15,18,21-23,30-31,34,37-40,42-43,45-56H2,1-3H3/b10-7-,11-8-,19-16-,20-17-,27-24-,28-25-,29-26-,35-32-,36-33-,44-41-. The molecule has 0 aromatic rings. The smallest absolute Gasteiger partial charge is 0.306 e. The maximum atomic E-state index is 12.8. The lowest BCUT2D eigenvalue weighted by Gasteiger charge is -2.18. The summed E-state index contributed by atoms with van der Waals surface area (Å²) in [4.78, 5) is 38.0. The number of ether oxygens (including phenoxy) is 3. The number of hydrogen-bond donors (Lipinski definition) is 0. The molecule has 0 aliphatic heterocycles. The fraction of sp³-hybridized carbons (Fsp3) is 0.617. The molecule has 1 atom stereocenters. The fourth-order valence-electron chi connectivity index (χ4n) is 6.76. The molecular weight excluding hydrogens is 817 g/mol. The van der Waals surface area contributed by atoms with Crippen molar-refractivity contribution in [3.05, 3.63) is 122 Å². The molecular formula is C60H96O6. The van der Waals surface area contributed by atoms with Crippen molar-refractivity contribution in [2.45, 2.75) is 226 Å². The summed E-state index contributed by atoms with van der Waals surface area (Å²) in [7, 11) is 0. The topological polar surface area (TPSA) is 78.9 Å². The Morgan fingerprint density at radius 3 is 1.00 bits per heavy atom. The second kappa shape index (κ2) is 53.4. The van der Waals surface area contributed by atoms with Gasteiger partial charge in [0.25, 0.3) is 0 Å². The minimum absolute atomic E-state index is 0.113. The van der Waals surface area contributed by atoms with E-state index in [0.29, 0.717) is 12.8 Å². The quantitative estimate of drug-likeness (QED) is 0.0262. The summed E-state index contributed by atoms with van der Waals surface area (Å²) in [6.45, 7) is 6.31. The SMILES string of the molecule is CC/C=C\C/C=C\C/C=C\C/C=C\C/C=C\CCCC(=O)OCC(COC(=O)CCCCCCC/C=C\CCCCCCC)OC(=O)CCCCCC/C=C\C/C=C\C/C=C\C/C=C\CC. The van der Waals surface area contributed by atoms with Crippen molar-refractivity contribution < 1.29 is 28.6 Å². The van der Waals surface area contributed by atoms with Crippen molar-refractivity contribution in [2.75, 3.05) is 13.2 Å². The van der Waals surface area contributed by atoms with E-state index in [2.05, 4.69) is 142 Å². The van der Waals surface area contributed by atoms with E-state index in [1.165, 1.54) is 44.9 Å². The van der Waals surface area contributed by atoms with Crippen LogP contribution in [0.4, 0.5) is 0 Å². The monoisotopic (exact) mass is 913 g/mol. The van der Waals surface area contributed by atoms with Crippen LogP contribution in [0.3, 0.4) is 0 Å². The lowest BCUT2D eigenvalue weighted by Crippen LogP contribution is -2.30. The summed E-state index contributed by atoms with van der Waals surface area (Å²) in [6.07, 6.45) is 73.3. The van der Waals surface area contributed by atoms with Crippen LogP contribution >= 0.6 is 0 Å². The van der Waals surface area contributed by atoms with Crippen molar-refractivity contribution >= 4 is 17.9 Å². The zero-order valence-electron chi connectivity index (χ0n) is 42.4. The molecule has 0 saturated heterocycles. The maximum Gasteiger partial charge on any atom is 0.306 e. The number of carbonyl (C=O) groups is 3. The van der Waals surface area contributed by atoms with Crippen molar-refractivity contribution in [2.24, 2.45) is 0 Å². The van der Waals surface area contributed by atoms with Gasteiger partial charge in [-0.15, -0.1) is 0 Å². The van der Waals surface area contributed by atoms with E-state index in [0.717, 1.165) is 128 Å². The second-order valence-electron chi connectivity index (χ2n) is 17.0. The second-order valence-corrected chi connectivity index (χ2v) is 17.0. The van der Waals surface area contributed by atoms with Gasteiger partial charge in [-0.25, -0.2) is 0 Å². The summed E-state index contributed by atoms with van der Waals surface area (Å²) in [6, 6.07) is 0. The van der Waals surface area contributed by atoms with Crippen LogP contribution in [0.5, 0.6) is 0 Å². The third kappa shape index (κ3) is 50.8. The van der Waals surface area contributed by atoms with Crippen molar-refractivity contribution in [1.82, 2.24) is 0 Å². The normalized spacial score (nSPS) is 13.1.